The second kappa shape index (κ2) is 11.4. The van der Waals surface area contributed by atoms with Crippen LogP contribution >= 0.6 is 56.8 Å². The highest BCUT2D eigenvalue weighted by Gasteiger charge is 2.22. The Morgan fingerprint density at radius 2 is 1.16 bits per heavy atom. The van der Waals surface area contributed by atoms with Crippen LogP contribution in [-0.4, -0.2) is 41.9 Å². The molecule has 0 saturated heterocycles. The average Bonchev–Trinajstić information content (AvgIpc) is 2.77. The SMILES string of the molecule is COCCCc1c(I)c(-c2ccc(N(C)C)cc2)c(Cl)c(-c2ccc(N(C)C)cc2)c1I. The van der Waals surface area contributed by atoms with Gasteiger partial charge in [0.25, 0.3) is 0 Å². The van der Waals surface area contributed by atoms with Gasteiger partial charge in [-0.2, -0.15) is 0 Å². The first-order valence-electron chi connectivity index (χ1n) is 10.5. The lowest BCUT2D eigenvalue weighted by Gasteiger charge is -2.21. The van der Waals surface area contributed by atoms with Crippen LogP contribution in [0.15, 0.2) is 48.5 Å². The molecule has 0 aliphatic rings. The van der Waals surface area contributed by atoms with Crippen LogP contribution in [-0.2, 0) is 11.2 Å². The summed E-state index contributed by atoms with van der Waals surface area (Å²) in [7, 11) is 9.98. The van der Waals surface area contributed by atoms with Gasteiger partial charge in [-0.05, 0) is 99.0 Å². The smallest absolute Gasteiger partial charge is 0.0584 e. The molecule has 0 bridgehead atoms. The van der Waals surface area contributed by atoms with Crippen molar-refractivity contribution in [3.8, 4) is 22.3 Å². The Bertz CT molecular complexity index is 986. The molecule has 0 unspecified atom stereocenters. The van der Waals surface area contributed by atoms with Gasteiger partial charge in [0.2, 0.25) is 0 Å². The Balaban J connectivity index is 2.21. The third-order valence-electron chi connectivity index (χ3n) is 5.53. The molecule has 0 saturated carbocycles. The fraction of sp³-hybridized carbons (Fsp3) is 0.308. The number of ether oxygens (including phenoxy) is 1. The van der Waals surface area contributed by atoms with E-state index in [9.17, 15) is 0 Å². The van der Waals surface area contributed by atoms with Crippen LogP contribution in [0.4, 0.5) is 11.4 Å². The largest absolute Gasteiger partial charge is 0.385 e. The summed E-state index contributed by atoms with van der Waals surface area (Å²) < 4.78 is 7.77. The molecule has 32 heavy (non-hydrogen) atoms. The minimum absolute atomic E-state index is 0.745. The predicted molar refractivity (Wildman–Crippen MR) is 157 cm³/mol. The van der Waals surface area contributed by atoms with Crippen molar-refractivity contribution in [2.24, 2.45) is 0 Å². The maximum atomic E-state index is 7.17. The van der Waals surface area contributed by atoms with Crippen molar-refractivity contribution in [3.05, 3.63) is 66.3 Å². The fourth-order valence-corrected chi connectivity index (χ4v) is 7.17. The molecule has 0 fully saturated rings. The molecule has 0 aliphatic carbocycles. The number of anilines is 2. The van der Waals surface area contributed by atoms with Crippen molar-refractivity contribution in [3.63, 3.8) is 0 Å². The second-order valence-corrected chi connectivity index (χ2v) is 10.7. The topological polar surface area (TPSA) is 15.7 Å². The van der Waals surface area contributed by atoms with Gasteiger partial charge in [0.15, 0.2) is 0 Å². The van der Waals surface area contributed by atoms with Crippen LogP contribution in [0.25, 0.3) is 22.3 Å². The average molecular weight is 675 g/mol. The zero-order chi connectivity index (χ0) is 23.4. The molecule has 0 aliphatic heterocycles. The lowest BCUT2D eigenvalue weighted by Crippen LogP contribution is -2.08. The maximum Gasteiger partial charge on any atom is 0.0584 e. The second-order valence-electron chi connectivity index (χ2n) is 8.15. The van der Waals surface area contributed by atoms with Crippen LogP contribution in [0.3, 0.4) is 0 Å². The van der Waals surface area contributed by atoms with Crippen molar-refractivity contribution >= 4 is 68.2 Å². The van der Waals surface area contributed by atoms with E-state index in [2.05, 4.69) is 132 Å². The summed E-state index contributed by atoms with van der Waals surface area (Å²) in [6, 6.07) is 17.3. The highest BCUT2D eigenvalue weighted by molar-refractivity contribution is 14.1. The minimum atomic E-state index is 0.745. The Morgan fingerprint density at radius 3 is 1.50 bits per heavy atom. The molecular weight excluding hydrogens is 646 g/mol. The molecule has 0 heterocycles. The molecular formula is C26H29ClI2N2O. The van der Waals surface area contributed by atoms with E-state index in [0.717, 1.165) is 46.7 Å². The molecule has 6 heteroatoms. The lowest BCUT2D eigenvalue weighted by molar-refractivity contribution is 0.195. The standard InChI is InChI=1S/C26H29ClI2N2O/c1-30(2)19-12-8-17(9-13-19)22-24(27)23(18-10-14-20(15-11-18)31(3)4)26(29)21(25(22)28)7-6-16-32-5/h8-15H,6-7,16H2,1-5H3. The Hall–Kier alpha value is -1.03. The van der Waals surface area contributed by atoms with E-state index in [0.29, 0.717) is 0 Å². The van der Waals surface area contributed by atoms with Gasteiger partial charge in [-0.3, -0.25) is 0 Å². The normalized spacial score (nSPS) is 11.0. The molecule has 3 rings (SSSR count). The van der Waals surface area contributed by atoms with E-state index < -0.39 is 0 Å². The van der Waals surface area contributed by atoms with Crippen LogP contribution in [0.5, 0.6) is 0 Å². The van der Waals surface area contributed by atoms with Crippen molar-refractivity contribution in [1.82, 2.24) is 0 Å². The zero-order valence-electron chi connectivity index (χ0n) is 19.2. The summed E-state index contributed by atoms with van der Waals surface area (Å²) >= 11 is 12.1. The molecule has 3 nitrogen and oxygen atoms in total. The molecule has 3 aromatic carbocycles. The first kappa shape index (κ1) is 25.6. The molecule has 170 valence electrons. The highest BCUT2D eigenvalue weighted by Crippen LogP contribution is 2.45. The van der Waals surface area contributed by atoms with E-state index in [1.807, 2.05) is 0 Å². The van der Waals surface area contributed by atoms with Gasteiger partial charge in [0.1, 0.15) is 0 Å². The number of nitrogens with zero attached hydrogens (tertiary/aromatic N) is 2. The lowest BCUT2D eigenvalue weighted by atomic mass is 9.94. The number of halogens is 3. The Labute approximate surface area is 224 Å². The number of benzene rings is 3. The first-order valence-corrected chi connectivity index (χ1v) is 13.0. The summed E-state index contributed by atoms with van der Waals surface area (Å²) in [4.78, 5) is 4.22. The first-order chi connectivity index (χ1) is 15.3. The predicted octanol–water partition coefficient (Wildman–Crippen LogP) is 7.59. The van der Waals surface area contributed by atoms with Gasteiger partial charge < -0.3 is 14.5 Å². The summed E-state index contributed by atoms with van der Waals surface area (Å²) in [6.45, 7) is 0.745. The summed E-state index contributed by atoms with van der Waals surface area (Å²) in [5.74, 6) is 0. The molecule has 0 aromatic heterocycles. The van der Waals surface area contributed by atoms with Crippen molar-refractivity contribution in [2.75, 3.05) is 51.7 Å². The van der Waals surface area contributed by atoms with Crippen LogP contribution < -0.4 is 9.80 Å². The number of rotatable bonds is 8. The van der Waals surface area contributed by atoms with Crippen LogP contribution in [0.2, 0.25) is 5.02 Å². The van der Waals surface area contributed by atoms with E-state index >= 15 is 0 Å². The summed E-state index contributed by atoms with van der Waals surface area (Å²) in [6.07, 6.45) is 1.93. The monoisotopic (exact) mass is 674 g/mol. The fourth-order valence-electron chi connectivity index (χ4n) is 3.69. The molecule has 0 atom stereocenters. The molecule has 0 amide bonds. The summed E-state index contributed by atoms with van der Waals surface area (Å²) in [5, 5.41) is 0.810. The molecule has 0 radical (unpaired) electrons. The van der Waals surface area contributed by atoms with Crippen LogP contribution in [0.1, 0.15) is 12.0 Å². The van der Waals surface area contributed by atoms with Crippen LogP contribution in [0, 0.1) is 7.14 Å². The van der Waals surface area contributed by atoms with Gasteiger partial charge in [0.05, 0.1) is 5.02 Å². The van der Waals surface area contributed by atoms with E-state index in [4.69, 9.17) is 16.3 Å². The van der Waals surface area contributed by atoms with Crippen molar-refractivity contribution < 1.29 is 4.74 Å². The zero-order valence-corrected chi connectivity index (χ0v) is 24.2. The summed E-state index contributed by atoms with van der Waals surface area (Å²) in [5.41, 5.74) is 8.18. The number of methoxy groups -OCH3 is 1. The molecule has 0 N–H and O–H groups in total. The quantitative estimate of drug-likeness (QED) is 0.181. The maximum absolute atomic E-state index is 7.17. The van der Waals surface area contributed by atoms with E-state index in [1.54, 1.807) is 7.11 Å². The Kier molecular flexibility index (Phi) is 9.12. The third kappa shape index (κ3) is 5.54. The van der Waals surface area contributed by atoms with E-state index in [-0.39, 0.29) is 0 Å². The van der Waals surface area contributed by atoms with Gasteiger partial charge in [-0.25, -0.2) is 0 Å². The van der Waals surface area contributed by atoms with Gasteiger partial charge >= 0.3 is 0 Å². The molecule has 0 spiro atoms. The van der Waals surface area contributed by atoms with Gasteiger partial charge in [-0.15, -0.1) is 0 Å². The minimum Gasteiger partial charge on any atom is -0.385 e. The van der Waals surface area contributed by atoms with Crippen molar-refractivity contribution in [1.29, 1.82) is 0 Å². The molecule has 3 aromatic rings. The van der Waals surface area contributed by atoms with E-state index in [1.165, 1.54) is 24.1 Å². The number of hydrogen-bond acceptors (Lipinski definition) is 3. The highest BCUT2D eigenvalue weighted by atomic mass is 127. The van der Waals surface area contributed by atoms with Crippen molar-refractivity contribution in [2.45, 2.75) is 12.8 Å². The van der Waals surface area contributed by atoms with Gasteiger partial charge in [-0.1, -0.05) is 35.9 Å². The van der Waals surface area contributed by atoms with Gasteiger partial charge in [0, 0.05) is 71.5 Å². The third-order valence-corrected chi connectivity index (χ3v) is 8.29. The number of hydrogen-bond donors (Lipinski definition) is 0. The Morgan fingerprint density at radius 1 is 0.750 bits per heavy atom.